The van der Waals surface area contributed by atoms with Crippen LogP contribution in [0.2, 0.25) is 0 Å². The molecule has 2 nitrogen and oxygen atoms in total. The minimum Gasteiger partial charge on any atom is -0.298 e. The molecule has 0 N–H and O–H groups in total. The third-order valence-corrected chi connectivity index (χ3v) is 6.67. The van der Waals surface area contributed by atoms with Crippen LogP contribution in [-0.4, -0.2) is 53.4 Å². The van der Waals surface area contributed by atoms with Gasteiger partial charge < -0.3 is 0 Å². The molecule has 108 valence electrons. The minimum atomic E-state index is 0.139. The first-order valence-electron chi connectivity index (χ1n) is 7.50. The molecule has 0 unspecified atom stereocenters. The Morgan fingerprint density at radius 3 is 1.67 bits per heavy atom. The monoisotopic (exact) mass is 272 g/mol. The highest BCUT2D eigenvalue weighted by Gasteiger charge is 2.39. The summed E-state index contributed by atoms with van der Waals surface area (Å²) in [5.74, 6) is 0. The molecule has 0 aromatic rings. The zero-order chi connectivity index (χ0) is 13.4. The van der Waals surface area contributed by atoms with Gasteiger partial charge in [0.1, 0.15) is 0 Å². The quantitative estimate of drug-likeness (QED) is 0.733. The van der Waals surface area contributed by atoms with Crippen molar-refractivity contribution in [3.63, 3.8) is 0 Å². The van der Waals surface area contributed by atoms with Crippen LogP contribution in [0, 0.1) is 5.41 Å². The van der Waals surface area contributed by atoms with E-state index >= 15 is 0 Å². The minimum absolute atomic E-state index is 0.139. The number of rotatable bonds is 1. The molecule has 18 heavy (non-hydrogen) atoms. The van der Waals surface area contributed by atoms with Crippen LogP contribution in [0.1, 0.15) is 46.5 Å². The summed E-state index contributed by atoms with van der Waals surface area (Å²) >= 11 is 0.139. The highest BCUT2D eigenvalue weighted by molar-refractivity contribution is 8.13. The van der Waals surface area contributed by atoms with Crippen LogP contribution < -0.4 is 0 Å². The van der Waals surface area contributed by atoms with Crippen LogP contribution in [0.25, 0.3) is 0 Å². The third-order valence-electron chi connectivity index (χ3n) is 5.14. The number of hydrogen-bond acceptors (Lipinski definition) is 2. The molecule has 0 radical (unpaired) electrons. The van der Waals surface area contributed by atoms with Crippen LogP contribution >= 0.6 is 11.1 Å². The van der Waals surface area contributed by atoms with Crippen molar-refractivity contribution in [2.45, 2.75) is 52.0 Å². The average Bonchev–Trinajstić information content (AvgIpc) is 2.29. The molecule has 2 saturated heterocycles. The van der Waals surface area contributed by atoms with Gasteiger partial charge in [0, 0.05) is 18.6 Å². The largest absolute Gasteiger partial charge is 0.298 e. The van der Waals surface area contributed by atoms with Gasteiger partial charge in [-0.15, -0.1) is 0 Å². The van der Waals surface area contributed by atoms with Crippen molar-refractivity contribution in [3.8, 4) is 0 Å². The Balaban J connectivity index is 1.86. The first kappa shape index (κ1) is 14.7. The molecule has 1 spiro atoms. The second-order valence-electron chi connectivity index (χ2n) is 7.46. The second-order valence-corrected chi connectivity index (χ2v) is 9.72. The summed E-state index contributed by atoms with van der Waals surface area (Å²) in [4.78, 5) is 2.68. The van der Waals surface area contributed by atoms with Crippen molar-refractivity contribution in [3.05, 3.63) is 0 Å². The maximum atomic E-state index is 2.72. The van der Waals surface area contributed by atoms with Gasteiger partial charge in [0.2, 0.25) is 0 Å². The molecule has 0 aromatic heterocycles. The van der Waals surface area contributed by atoms with E-state index in [9.17, 15) is 0 Å². The molecular weight excluding hydrogens is 240 g/mol. The third kappa shape index (κ3) is 3.23. The summed E-state index contributed by atoms with van der Waals surface area (Å²) in [5.41, 5.74) is 1.06. The molecule has 0 bridgehead atoms. The smallest absolute Gasteiger partial charge is 0.0125 e. The van der Waals surface area contributed by atoms with Crippen LogP contribution in [-0.2, 0) is 0 Å². The standard InChI is InChI=1S/C15H32N2S/c1-14(2,3)16-10-6-15(7-11-16)8-12-17(13-9-15)18(4)5/h18H,6-13H2,1-5H3. The normalized spacial score (nSPS) is 27.5. The molecule has 0 atom stereocenters. The number of likely N-dealkylation sites (tertiary alicyclic amines) is 1. The topological polar surface area (TPSA) is 6.48 Å². The van der Waals surface area contributed by atoms with Crippen LogP contribution in [0.4, 0.5) is 0 Å². The molecule has 2 rings (SSSR count). The highest BCUT2D eigenvalue weighted by atomic mass is 32.2. The number of nitrogens with zero attached hydrogens (tertiary/aromatic N) is 2. The van der Waals surface area contributed by atoms with Gasteiger partial charge in [0.25, 0.3) is 0 Å². The van der Waals surface area contributed by atoms with Gasteiger partial charge in [0.15, 0.2) is 0 Å². The first-order chi connectivity index (χ1) is 8.32. The molecule has 0 amide bonds. The number of piperidine rings is 2. The lowest BCUT2D eigenvalue weighted by molar-refractivity contribution is 0.0170. The van der Waals surface area contributed by atoms with Crippen LogP contribution in [0.5, 0.6) is 0 Å². The molecule has 2 heterocycles. The predicted molar refractivity (Wildman–Crippen MR) is 84.6 cm³/mol. The molecule has 0 aromatic carbocycles. The molecule has 2 aliphatic heterocycles. The molecule has 0 aliphatic carbocycles. The van der Waals surface area contributed by atoms with E-state index in [1.54, 1.807) is 0 Å². The average molecular weight is 273 g/mol. The first-order valence-corrected chi connectivity index (χ1v) is 9.69. The van der Waals surface area contributed by atoms with Gasteiger partial charge in [-0.25, -0.2) is 11.1 Å². The van der Waals surface area contributed by atoms with E-state index in [2.05, 4.69) is 42.5 Å². The number of thiol groups is 1. The fourth-order valence-electron chi connectivity index (χ4n) is 3.52. The Bertz CT molecular complexity index is 265. The Labute approximate surface area is 117 Å². The zero-order valence-corrected chi connectivity index (χ0v) is 13.9. The molecule has 2 fully saturated rings. The summed E-state index contributed by atoms with van der Waals surface area (Å²) in [6, 6.07) is 0. The second kappa shape index (κ2) is 5.34. The van der Waals surface area contributed by atoms with Gasteiger partial charge in [0.05, 0.1) is 0 Å². The van der Waals surface area contributed by atoms with E-state index < -0.39 is 0 Å². The summed E-state index contributed by atoms with van der Waals surface area (Å²) in [7, 11) is 0. The summed E-state index contributed by atoms with van der Waals surface area (Å²) in [6.45, 7) is 12.4. The van der Waals surface area contributed by atoms with E-state index in [-0.39, 0.29) is 11.1 Å². The van der Waals surface area contributed by atoms with Crippen molar-refractivity contribution in [1.29, 1.82) is 0 Å². The van der Waals surface area contributed by atoms with Crippen molar-refractivity contribution >= 4 is 11.1 Å². The summed E-state index contributed by atoms with van der Waals surface area (Å²) in [6.07, 6.45) is 10.6. The van der Waals surface area contributed by atoms with Crippen LogP contribution in [0.3, 0.4) is 0 Å². The summed E-state index contributed by atoms with van der Waals surface area (Å²) < 4.78 is 2.72. The van der Waals surface area contributed by atoms with Gasteiger partial charge >= 0.3 is 0 Å². The molecule has 2 aliphatic rings. The van der Waals surface area contributed by atoms with E-state index in [0.29, 0.717) is 11.0 Å². The predicted octanol–water partition coefficient (Wildman–Crippen LogP) is 3.14. The zero-order valence-electron chi connectivity index (χ0n) is 13.0. The fourth-order valence-corrected chi connectivity index (χ4v) is 4.52. The SMILES string of the molecule is C[SH](C)N1CCC2(CC1)CCN(C(C)(C)C)CC2. The maximum absolute atomic E-state index is 2.72. The fraction of sp³-hybridized carbons (Fsp3) is 1.00. The van der Waals surface area contributed by atoms with Gasteiger partial charge in [-0.1, -0.05) is 0 Å². The van der Waals surface area contributed by atoms with E-state index in [0.717, 1.165) is 0 Å². The lowest BCUT2D eigenvalue weighted by atomic mass is 9.71. The van der Waals surface area contributed by atoms with E-state index in [1.165, 1.54) is 51.9 Å². The van der Waals surface area contributed by atoms with Gasteiger partial charge in [-0.2, -0.15) is 0 Å². The lowest BCUT2D eigenvalue weighted by Gasteiger charge is -2.50. The van der Waals surface area contributed by atoms with Gasteiger partial charge in [-0.3, -0.25) is 9.21 Å². The Hall–Kier alpha value is 0.270. The summed E-state index contributed by atoms with van der Waals surface area (Å²) in [5, 5.41) is 0. The van der Waals surface area contributed by atoms with E-state index in [1.807, 2.05) is 0 Å². The van der Waals surface area contributed by atoms with Crippen molar-refractivity contribution < 1.29 is 0 Å². The van der Waals surface area contributed by atoms with Gasteiger partial charge in [-0.05, 0) is 77.5 Å². The molecular formula is C15H32N2S. The van der Waals surface area contributed by atoms with Crippen molar-refractivity contribution in [2.75, 3.05) is 38.7 Å². The Kier molecular flexibility index (Phi) is 4.35. The molecule has 3 heteroatoms. The number of hydrogen-bond donors (Lipinski definition) is 1. The molecule has 0 saturated carbocycles. The maximum Gasteiger partial charge on any atom is 0.0125 e. The van der Waals surface area contributed by atoms with Crippen molar-refractivity contribution in [1.82, 2.24) is 9.21 Å². The lowest BCUT2D eigenvalue weighted by Crippen LogP contribution is -2.51. The van der Waals surface area contributed by atoms with Crippen LogP contribution in [0.15, 0.2) is 0 Å². The van der Waals surface area contributed by atoms with E-state index in [4.69, 9.17) is 0 Å². The Morgan fingerprint density at radius 1 is 0.833 bits per heavy atom. The highest BCUT2D eigenvalue weighted by Crippen LogP contribution is 2.44. The van der Waals surface area contributed by atoms with Crippen molar-refractivity contribution in [2.24, 2.45) is 5.41 Å². The Morgan fingerprint density at radius 2 is 1.28 bits per heavy atom.